The van der Waals surface area contributed by atoms with Crippen LogP contribution in [0.1, 0.15) is 25.7 Å². The summed E-state index contributed by atoms with van der Waals surface area (Å²) < 4.78 is 19.4. The molecule has 0 spiro atoms. The average Bonchev–Trinajstić information content (AvgIpc) is 2.55. The molecule has 0 radical (unpaired) electrons. The fourth-order valence-electron chi connectivity index (χ4n) is 1.59. The van der Waals surface area contributed by atoms with E-state index in [-0.39, 0.29) is 25.8 Å². The molecule has 0 saturated carbocycles. The molecule has 0 aromatic rings. The van der Waals surface area contributed by atoms with E-state index in [0.29, 0.717) is 6.21 Å². The minimum absolute atomic E-state index is 0.0856. The first-order chi connectivity index (χ1) is 12.4. The number of carbonyl (C=O) groups excluding carboxylic acids is 1. The molecular formula is C13H22N3O10P. The minimum Gasteiger partial charge on any atom is -0.481 e. The summed E-state index contributed by atoms with van der Waals surface area (Å²) in [6, 6.07) is -1.18. The van der Waals surface area contributed by atoms with E-state index in [1.807, 2.05) is 0 Å². The number of nitrogens with one attached hydrogen (secondary N) is 1. The zero-order valence-corrected chi connectivity index (χ0v) is 15.1. The maximum absolute atomic E-state index is 11.6. The Kier molecular flexibility index (Phi) is 11.1. The van der Waals surface area contributed by atoms with E-state index in [1.165, 1.54) is 0 Å². The van der Waals surface area contributed by atoms with Crippen molar-refractivity contribution < 1.29 is 48.5 Å². The van der Waals surface area contributed by atoms with Crippen LogP contribution in [0.25, 0.3) is 0 Å². The molecule has 13 nitrogen and oxygen atoms in total. The number of aliphatic carboxylic acids is 3. The van der Waals surface area contributed by atoms with Gasteiger partial charge in [0.2, 0.25) is 5.91 Å². The van der Waals surface area contributed by atoms with E-state index >= 15 is 0 Å². The zero-order valence-electron chi connectivity index (χ0n) is 14.2. The highest BCUT2D eigenvalue weighted by molar-refractivity contribution is 7.51. The van der Waals surface area contributed by atoms with Gasteiger partial charge in [-0.05, 0) is 12.8 Å². The first-order valence-corrected chi connectivity index (χ1v) is 9.20. The van der Waals surface area contributed by atoms with Gasteiger partial charge in [-0.25, -0.2) is 4.57 Å². The number of hydrogen-bond acceptors (Lipinski definition) is 7. The molecule has 154 valence electrons. The normalized spacial score (nSPS) is 15.6. The Balaban J connectivity index is 4.29. The third-order valence-electron chi connectivity index (χ3n) is 3.06. The second kappa shape index (κ2) is 12.1. The van der Waals surface area contributed by atoms with Gasteiger partial charge in [0.15, 0.2) is 0 Å². The van der Waals surface area contributed by atoms with E-state index in [4.69, 9.17) is 21.1 Å². The number of nitrogens with two attached hydrogens (primary N) is 1. The van der Waals surface area contributed by atoms with Crippen LogP contribution in [0.3, 0.4) is 0 Å². The van der Waals surface area contributed by atoms with Crippen LogP contribution in [0.5, 0.6) is 0 Å². The summed E-state index contributed by atoms with van der Waals surface area (Å²) in [6.07, 6.45) is -0.387. The number of hydrogen-bond donors (Lipinski definition) is 6. The van der Waals surface area contributed by atoms with Gasteiger partial charge in [-0.1, -0.05) is 0 Å². The summed E-state index contributed by atoms with van der Waals surface area (Å²) in [7, 11) is -4.53. The number of nitrogens with zero attached hydrogens (tertiary/aromatic N) is 1. The highest BCUT2D eigenvalue weighted by atomic mass is 31.2. The molecule has 1 amide bonds. The second-order valence-electron chi connectivity index (χ2n) is 5.30. The maximum atomic E-state index is 11.6. The van der Waals surface area contributed by atoms with Gasteiger partial charge in [0.25, 0.3) is 0 Å². The maximum Gasteiger partial charge on any atom is 0.450 e. The first kappa shape index (κ1) is 24.7. The van der Waals surface area contributed by atoms with Crippen molar-refractivity contribution in [3.8, 4) is 0 Å². The van der Waals surface area contributed by atoms with Crippen LogP contribution in [0.2, 0.25) is 0 Å². The fourth-order valence-corrected chi connectivity index (χ4v) is 2.32. The number of amides is 1. The van der Waals surface area contributed by atoms with E-state index in [0.717, 1.165) is 0 Å². The molecule has 0 heterocycles. The molecule has 27 heavy (non-hydrogen) atoms. The fraction of sp³-hybridized carbons (Fsp3) is 0.615. The van der Waals surface area contributed by atoms with Gasteiger partial charge in [0.1, 0.15) is 6.04 Å². The molecule has 0 aromatic carbocycles. The molecule has 2 unspecified atom stereocenters. The molecule has 0 aliphatic rings. The zero-order chi connectivity index (χ0) is 21.0. The Bertz CT molecular complexity index is 623. The lowest BCUT2D eigenvalue weighted by molar-refractivity contribution is -0.141. The smallest absolute Gasteiger partial charge is 0.450 e. The van der Waals surface area contributed by atoms with Crippen molar-refractivity contribution in [1.82, 2.24) is 5.32 Å². The van der Waals surface area contributed by atoms with Crippen molar-refractivity contribution in [2.75, 3.05) is 13.2 Å². The van der Waals surface area contributed by atoms with E-state index < -0.39 is 56.5 Å². The molecule has 0 bridgehead atoms. The topological polar surface area (TPSA) is 226 Å². The number of carboxylic acids is 3. The third kappa shape index (κ3) is 12.6. The first-order valence-electron chi connectivity index (χ1n) is 7.67. The Morgan fingerprint density at radius 3 is 2.26 bits per heavy atom. The van der Waals surface area contributed by atoms with Crippen LogP contribution < -0.4 is 11.1 Å². The van der Waals surface area contributed by atoms with Crippen molar-refractivity contribution in [3.05, 3.63) is 0 Å². The molecule has 0 aliphatic heterocycles. The van der Waals surface area contributed by atoms with E-state index in [1.54, 1.807) is 0 Å². The molecule has 3 atom stereocenters. The van der Waals surface area contributed by atoms with Gasteiger partial charge in [-0.3, -0.25) is 23.7 Å². The summed E-state index contributed by atoms with van der Waals surface area (Å²) in [4.78, 5) is 52.7. The molecule has 0 fully saturated rings. The predicted octanol–water partition coefficient (Wildman–Crippen LogP) is -0.952. The quantitative estimate of drug-likeness (QED) is 0.116. The van der Waals surface area contributed by atoms with Crippen molar-refractivity contribution >= 4 is 37.8 Å². The Morgan fingerprint density at radius 1 is 1.11 bits per heavy atom. The number of carboxylic acid groups (broad SMARTS) is 3. The van der Waals surface area contributed by atoms with Crippen LogP contribution in [0.15, 0.2) is 4.76 Å². The molecular weight excluding hydrogens is 389 g/mol. The van der Waals surface area contributed by atoms with Crippen LogP contribution >= 0.6 is 7.75 Å². The summed E-state index contributed by atoms with van der Waals surface area (Å²) in [5.74, 6) is -5.78. The lowest BCUT2D eigenvalue weighted by Gasteiger charge is -2.10. The summed E-state index contributed by atoms with van der Waals surface area (Å²) in [5, 5.41) is 28.3. The SMILES string of the molecule is N[C@@H](CCC(=O)NCCOP(=O)(O)/N=C\C(CCC(=O)O)C(=O)O)C(=O)O. The third-order valence-corrected chi connectivity index (χ3v) is 4.01. The molecule has 0 aromatic heterocycles. The number of rotatable bonds is 14. The largest absolute Gasteiger partial charge is 0.481 e. The van der Waals surface area contributed by atoms with E-state index in [2.05, 4.69) is 14.6 Å². The highest BCUT2D eigenvalue weighted by Gasteiger charge is 2.21. The van der Waals surface area contributed by atoms with Crippen molar-refractivity contribution in [2.24, 2.45) is 16.4 Å². The second-order valence-corrected chi connectivity index (χ2v) is 6.77. The Labute approximate surface area is 153 Å². The highest BCUT2D eigenvalue weighted by Crippen LogP contribution is 2.43. The Morgan fingerprint density at radius 2 is 1.74 bits per heavy atom. The lowest BCUT2D eigenvalue weighted by Crippen LogP contribution is -2.33. The standard InChI is InChI=1S/C13H22N3O10P/c14-9(13(22)23)2-3-10(17)15-5-6-26-27(24,25)16-7-8(12(20)21)1-4-11(18)19/h7-9H,1-6,14H2,(H,15,17)(H,18,19)(H,20,21)(H,22,23)(H,24,25)/b16-7-/t8?,9-/m0/s1. The van der Waals surface area contributed by atoms with Gasteiger partial charge in [0, 0.05) is 25.6 Å². The predicted molar refractivity (Wildman–Crippen MR) is 90.1 cm³/mol. The van der Waals surface area contributed by atoms with Gasteiger partial charge >= 0.3 is 25.7 Å². The van der Waals surface area contributed by atoms with Crippen LogP contribution in [-0.4, -0.2) is 69.4 Å². The summed E-state index contributed by atoms with van der Waals surface area (Å²) in [5.41, 5.74) is 5.23. The molecule has 7 N–H and O–H groups in total. The Hall–Kier alpha value is -2.34. The van der Waals surface area contributed by atoms with Crippen LogP contribution in [-0.2, 0) is 28.3 Å². The monoisotopic (exact) mass is 411 g/mol. The van der Waals surface area contributed by atoms with Crippen LogP contribution in [0.4, 0.5) is 0 Å². The summed E-state index contributed by atoms with van der Waals surface area (Å²) in [6.45, 7) is -0.600. The average molecular weight is 411 g/mol. The van der Waals surface area contributed by atoms with E-state index in [9.17, 15) is 28.6 Å². The van der Waals surface area contributed by atoms with Crippen molar-refractivity contribution in [2.45, 2.75) is 31.7 Å². The minimum atomic E-state index is -4.53. The van der Waals surface area contributed by atoms with Gasteiger partial charge in [-0.15, -0.1) is 0 Å². The van der Waals surface area contributed by atoms with Gasteiger partial charge < -0.3 is 31.3 Å². The lowest BCUT2D eigenvalue weighted by atomic mass is 10.1. The number of carbonyl (C=O) groups is 4. The molecule has 14 heteroatoms. The van der Waals surface area contributed by atoms with Crippen LogP contribution in [0, 0.1) is 5.92 Å². The van der Waals surface area contributed by atoms with Crippen molar-refractivity contribution in [3.63, 3.8) is 0 Å². The molecule has 0 aliphatic carbocycles. The molecule has 0 rings (SSSR count). The molecule has 0 saturated heterocycles. The van der Waals surface area contributed by atoms with Crippen molar-refractivity contribution in [1.29, 1.82) is 0 Å². The van der Waals surface area contributed by atoms with Gasteiger partial charge in [-0.2, -0.15) is 4.76 Å². The van der Waals surface area contributed by atoms with Gasteiger partial charge in [0.05, 0.1) is 12.5 Å². The summed E-state index contributed by atoms with van der Waals surface area (Å²) >= 11 is 0.